The third-order valence-corrected chi connectivity index (χ3v) is 4.82. The smallest absolute Gasteiger partial charge is 0.0941 e. The molecule has 0 saturated carbocycles. The van der Waals surface area contributed by atoms with Crippen LogP contribution in [0.25, 0.3) is 16.0 Å². The molecule has 1 heterocycles. The summed E-state index contributed by atoms with van der Waals surface area (Å²) in [4.78, 5) is 1.36. The molecular weight excluding hydrogens is 238 g/mol. The minimum absolute atomic E-state index is 0.934. The van der Waals surface area contributed by atoms with Gasteiger partial charge >= 0.3 is 0 Å². The van der Waals surface area contributed by atoms with E-state index in [-0.39, 0.29) is 0 Å². The van der Waals surface area contributed by atoms with Gasteiger partial charge in [-0.25, -0.2) is 0 Å². The van der Waals surface area contributed by atoms with Gasteiger partial charge in [0.1, 0.15) is 0 Å². The molecule has 92 valence electrons. The molecule has 0 spiro atoms. The van der Waals surface area contributed by atoms with Gasteiger partial charge in [0.25, 0.3) is 0 Å². The van der Waals surface area contributed by atoms with Crippen molar-refractivity contribution in [3.05, 3.63) is 47.5 Å². The molecule has 0 unspecified atom stereocenters. The summed E-state index contributed by atoms with van der Waals surface area (Å²) in [6, 6.07) is 8.66. The molecule has 0 atom stereocenters. The normalized spacial score (nSPS) is 12.9. The number of allylic oxidation sites excluding steroid dienone is 1. The van der Waals surface area contributed by atoms with E-state index < -0.39 is 0 Å². The van der Waals surface area contributed by atoms with Crippen molar-refractivity contribution in [3.63, 3.8) is 0 Å². The van der Waals surface area contributed by atoms with Crippen LogP contribution in [0.1, 0.15) is 30.0 Å². The Morgan fingerprint density at radius 1 is 1.33 bits per heavy atom. The van der Waals surface area contributed by atoms with Crippen LogP contribution >= 0.6 is 11.3 Å². The van der Waals surface area contributed by atoms with E-state index in [9.17, 15) is 0 Å². The van der Waals surface area contributed by atoms with E-state index >= 15 is 0 Å². The Labute approximate surface area is 112 Å². The number of rotatable bonds is 2. The summed E-state index contributed by atoms with van der Waals surface area (Å²) in [5.41, 5.74) is 12.8. The zero-order valence-electron chi connectivity index (χ0n) is 10.6. The molecule has 0 radical (unpaired) electrons. The molecule has 1 aromatic carbocycles. The highest BCUT2D eigenvalue weighted by Crippen LogP contribution is 2.46. The van der Waals surface area contributed by atoms with Crippen molar-refractivity contribution in [2.75, 3.05) is 5.73 Å². The maximum Gasteiger partial charge on any atom is 0.0941 e. The van der Waals surface area contributed by atoms with Crippen LogP contribution in [0, 0.1) is 0 Å². The van der Waals surface area contributed by atoms with Gasteiger partial charge < -0.3 is 5.73 Å². The highest BCUT2D eigenvalue weighted by atomic mass is 32.1. The van der Waals surface area contributed by atoms with Gasteiger partial charge in [-0.05, 0) is 41.5 Å². The van der Waals surface area contributed by atoms with Crippen LogP contribution in [-0.2, 0) is 12.8 Å². The van der Waals surface area contributed by atoms with Gasteiger partial charge in [-0.3, -0.25) is 0 Å². The Kier molecular flexibility index (Phi) is 2.75. The van der Waals surface area contributed by atoms with Crippen LogP contribution in [-0.4, -0.2) is 0 Å². The highest BCUT2D eigenvalue weighted by molar-refractivity contribution is 7.19. The Morgan fingerprint density at radius 2 is 2.11 bits per heavy atom. The number of thiophene rings is 1. The van der Waals surface area contributed by atoms with E-state index in [1.165, 1.54) is 32.7 Å². The first-order valence-corrected chi connectivity index (χ1v) is 7.21. The van der Waals surface area contributed by atoms with Crippen LogP contribution in [0.4, 0.5) is 5.00 Å². The lowest BCUT2D eigenvalue weighted by atomic mass is 9.87. The summed E-state index contributed by atoms with van der Waals surface area (Å²) >= 11 is 1.72. The molecule has 1 aliphatic rings. The van der Waals surface area contributed by atoms with Crippen molar-refractivity contribution in [2.24, 2.45) is 0 Å². The molecule has 1 nitrogen and oxygen atoms in total. The maximum atomic E-state index is 6.21. The second-order valence-electron chi connectivity index (χ2n) is 4.76. The predicted molar refractivity (Wildman–Crippen MR) is 80.9 cm³/mol. The number of benzene rings is 1. The first kappa shape index (κ1) is 11.5. The third kappa shape index (κ3) is 1.60. The lowest BCUT2D eigenvalue weighted by Gasteiger charge is -2.17. The molecule has 0 amide bonds. The van der Waals surface area contributed by atoms with E-state index in [0.717, 1.165) is 24.3 Å². The van der Waals surface area contributed by atoms with Crippen molar-refractivity contribution in [3.8, 4) is 10.4 Å². The number of hydrogen-bond donors (Lipinski definition) is 1. The molecule has 2 N–H and O–H groups in total. The standard InChI is InChI=1S/C16H17NS/c1-3-10(2)14-13-9-8-11-6-4-5-7-12(11)15(13)18-16(14)17/h4-7H,2-3,8-9,17H2,1H3. The predicted octanol–water partition coefficient (Wildman–Crippen LogP) is 4.52. The van der Waals surface area contributed by atoms with Gasteiger partial charge in [-0.2, -0.15) is 0 Å². The minimum atomic E-state index is 0.934. The molecule has 0 saturated heterocycles. The molecule has 0 fully saturated rings. The Hall–Kier alpha value is -1.54. The molecule has 0 aliphatic heterocycles. The van der Waals surface area contributed by atoms with Crippen LogP contribution in [0.2, 0.25) is 0 Å². The summed E-state index contributed by atoms with van der Waals surface area (Å²) in [7, 11) is 0. The number of nitrogen functional groups attached to an aromatic ring is 1. The Morgan fingerprint density at radius 3 is 2.89 bits per heavy atom. The number of fused-ring (bicyclic) bond motifs is 3. The molecule has 2 heteroatoms. The van der Waals surface area contributed by atoms with Crippen molar-refractivity contribution in [2.45, 2.75) is 26.2 Å². The fraction of sp³-hybridized carbons (Fsp3) is 0.250. The second kappa shape index (κ2) is 4.29. The van der Waals surface area contributed by atoms with Crippen molar-refractivity contribution in [1.82, 2.24) is 0 Å². The highest BCUT2D eigenvalue weighted by Gasteiger charge is 2.23. The average Bonchev–Trinajstić information content (AvgIpc) is 2.74. The van der Waals surface area contributed by atoms with Gasteiger partial charge in [0, 0.05) is 10.4 Å². The van der Waals surface area contributed by atoms with Gasteiger partial charge in [0.2, 0.25) is 0 Å². The van der Waals surface area contributed by atoms with Crippen LogP contribution < -0.4 is 5.73 Å². The second-order valence-corrected chi connectivity index (χ2v) is 5.82. The molecule has 1 aliphatic carbocycles. The molecule has 2 aromatic rings. The van der Waals surface area contributed by atoms with Gasteiger partial charge in [-0.15, -0.1) is 11.3 Å². The summed E-state index contributed by atoms with van der Waals surface area (Å²) in [6.45, 7) is 6.31. The van der Waals surface area contributed by atoms with E-state index in [1.807, 2.05) is 0 Å². The maximum absolute atomic E-state index is 6.21. The molecule has 3 rings (SSSR count). The largest absolute Gasteiger partial charge is 0.390 e. The van der Waals surface area contributed by atoms with Gasteiger partial charge in [0.05, 0.1) is 5.00 Å². The lowest BCUT2D eigenvalue weighted by Crippen LogP contribution is -2.03. The molecule has 18 heavy (non-hydrogen) atoms. The number of nitrogens with two attached hydrogens (primary N) is 1. The topological polar surface area (TPSA) is 26.0 Å². The minimum Gasteiger partial charge on any atom is -0.390 e. The zero-order valence-corrected chi connectivity index (χ0v) is 11.4. The van der Waals surface area contributed by atoms with Gasteiger partial charge in [0.15, 0.2) is 0 Å². The SMILES string of the molecule is C=C(CC)c1c(N)sc2c1CCc1ccccc1-2. The lowest BCUT2D eigenvalue weighted by molar-refractivity contribution is 0.945. The molecule has 0 bridgehead atoms. The van der Waals surface area contributed by atoms with Crippen LogP contribution in [0.5, 0.6) is 0 Å². The van der Waals surface area contributed by atoms with E-state index in [1.54, 1.807) is 11.3 Å². The van der Waals surface area contributed by atoms with E-state index in [0.29, 0.717) is 0 Å². The number of hydrogen-bond acceptors (Lipinski definition) is 2. The summed E-state index contributed by atoms with van der Waals surface area (Å²) < 4.78 is 0. The van der Waals surface area contributed by atoms with Gasteiger partial charge in [-0.1, -0.05) is 37.8 Å². The average molecular weight is 255 g/mol. The number of aryl methyl sites for hydroxylation is 1. The van der Waals surface area contributed by atoms with Crippen molar-refractivity contribution in [1.29, 1.82) is 0 Å². The van der Waals surface area contributed by atoms with E-state index in [2.05, 4.69) is 37.8 Å². The Bertz CT molecular complexity index is 622. The molecular formula is C16H17NS. The Balaban J connectivity index is 2.22. The third-order valence-electron chi connectivity index (χ3n) is 3.72. The first-order chi connectivity index (χ1) is 8.72. The van der Waals surface area contributed by atoms with Crippen LogP contribution in [0.15, 0.2) is 30.8 Å². The fourth-order valence-corrected chi connectivity index (χ4v) is 3.95. The zero-order chi connectivity index (χ0) is 12.7. The monoisotopic (exact) mass is 255 g/mol. The van der Waals surface area contributed by atoms with Crippen molar-refractivity contribution < 1.29 is 0 Å². The van der Waals surface area contributed by atoms with E-state index in [4.69, 9.17) is 5.73 Å². The van der Waals surface area contributed by atoms with Crippen molar-refractivity contribution >= 4 is 21.9 Å². The summed E-state index contributed by atoms with van der Waals surface area (Å²) in [6.07, 6.45) is 3.17. The molecule has 1 aromatic heterocycles. The quantitative estimate of drug-likeness (QED) is 0.839. The van der Waals surface area contributed by atoms with Crippen LogP contribution in [0.3, 0.4) is 0 Å². The number of anilines is 1. The fourth-order valence-electron chi connectivity index (χ4n) is 2.72. The first-order valence-electron chi connectivity index (χ1n) is 6.40. The summed E-state index contributed by atoms with van der Waals surface area (Å²) in [5.74, 6) is 0. The summed E-state index contributed by atoms with van der Waals surface area (Å²) in [5, 5.41) is 0.934.